The third-order valence-corrected chi connectivity index (χ3v) is 4.24. The Hall–Kier alpha value is -1.56. The van der Waals surface area contributed by atoms with E-state index in [1.165, 1.54) is 29.2 Å². The van der Waals surface area contributed by atoms with E-state index in [0.717, 1.165) is 5.92 Å². The lowest BCUT2D eigenvalue weighted by Crippen LogP contribution is -2.06. The smallest absolute Gasteiger partial charge is 0.0130 e. The summed E-state index contributed by atoms with van der Waals surface area (Å²) >= 11 is 0. The van der Waals surface area contributed by atoms with Gasteiger partial charge >= 0.3 is 0 Å². The Bertz CT molecular complexity index is 589. The molecule has 0 aromatic heterocycles. The molecule has 2 atom stereocenters. The van der Waals surface area contributed by atoms with E-state index in [4.69, 9.17) is 0 Å². The fraction of sp³-hybridized carbons (Fsp3) is 0.235. The molecular formula is C17H15. The number of fused-ring (bicyclic) bond motifs is 3. The monoisotopic (exact) mass is 219 g/mol. The summed E-state index contributed by atoms with van der Waals surface area (Å²) in [5.74, 6) is 3.19. The van der Waals surface area contributed by atoms with E-state index in [1.54, 1.807) is 5.92 Å². The second-order valence-electron chi connectivity index (χ2n) is 5.24. The zero-order chi connectivity index (χ0) is 11.2. The maximum atomic E-state index is 2.41. The van der Waals surface area contributed by atoms with Crippen LogP contribution in [0.5, 0.6) is 0 Å². The van der Waals surface area contributed by atoms with E-state index in [0.29, 0.717) is 5.92 Å². The van der Waals surface area contributed by atoms with Crippen molar-refractivity contribution in [2.45, 2.75) is 12.8 Å². The number of rotatable bonds is 1. The number of benzene rings is 2. The van der Waals surface area contributed by atoms with Gasteiger partial charge in [-0.3, -0.25) is 0 Å². The van der Waals surface area contributed by atoms with Crippen molar-refractivity contribution in [3.8, 4) is 0 Å². The first-order valence-corrected chi connectivity index (χ1v) is 6.44. The molecule has 0 heteroatoms. The van der Waals surface area contributed by atoms with Gasteiger partial charge in [-0.25, -0.2) is 0 Å². The van der Waals surface area contributed by atoms with Crippen LogP contribution in [0.25, 0.3) is 10.8 Å². The quantitative estimate of drug-likeness (QED) is 0.625. The van der Waals surface area contributed by atoms with Crippen molar-refractivity contribution >= 4 is 10.8 Å². The molecule has 2 unspecified atom stereocenters. The minimum atomic E-state index is 0.714. The van der Waals surface area contributed by atoms with E-state index in [9.17, 15) is 0 Å². The van der Waals surface area contributed by atoms with Gasteiger partial charge in [0.05, 0.1) is 0 Å². The fourth-order valence-corrected chi connectivity index (χ4v) is 3.43. The number of hydrogen-bond donors (Lipinski definition) is 0. The van der Waals surface area contributed by atoms with Gasteiger partial charge in [0.25, 0.3) is 0 Å². The molecule has 2 aromatic carbocycles. The van der Waals surface area contributed by atoms with Crippen molar-refractivity contribution in [3.05, 3.63) is 66.1 Å². The molecule has 83 valence electrons. The molecule has 2 bridgehead atoms. The normalized spacial score (nSPS) is 27.1. The minimum Gasteiger partial charge on any atom is -0.0851 e. The van der Waals surface area contributed by atoms with Crippen molar-refractivity contribution < 1.29 is 0 Å². The second kappa shape index (κ2) is 3.46. The van der Waals surface area contributed by atoms with Crippen molar-refractivity contribution in [3.63, 3.8) is 0 Å². The first-order chi connectivity index (χ1) is 8.42. The summed E-state index contributed by atoms with van der Waals surface area (Å²) in [6.07, 6.45) is 7.43. The Morgan fingerprint density at radius 2 is 1.76 bits per heavy atom. The fourth-order valence-electron chi connectivity index (χ4n) is 3.43. The van der Waals surface area contributed by atoms with E-state index < -0.39 is 0 Å². The lowest BCUT2D eigenvalue weighted by Gasteiger charge is -2.19. The molecule has 0 spiro atoms. The Morgan fingerprint density at radius 3 is 2.59 bits per heavy atom. The van der Waals surface area contributed by atoms with Crippen molar-refractivity contribution in [1.29, 1.82) is 0 Å². The average Bonchev–Trinajstić information content (AvgIpc) is 3.00. The molecule has 2 aromatic rings. The zero-order valence-corrected chi connectivity index (χ0v) is 9.77. The number of allylic oxidation sites excluding steroid dienone is 2. The molecule has 0 aliphatic heterocycles. The van der Waals surface area contributed by atoms with Gasteiger partial charge in [0.1, 0.15) is 0 Å². The third kappa shape index (κ3) is 1.37. The first kappa shape index (κ1) is 9.47. The van der Waals surface area contributed by atoms with Crippen molar-refractivity contribution in [1.82, 2.24) is 0 Å². The van der Waals surface area contributed by atoms with E-state index in [2.05, 4.69) is 54.6 Å². The molecular weight excluding hydrogens is 204 g/mol. The molecule has 0 N–H and O–H groups in total. The van der Waals surface area contributed by atoms with E-state index in [-0.39, 0.29) is 0 Å². The SMILES string of the molecule is C1=CC2CC1C[C]2c1cccc2ccccc12. The van der Waals surface area contributed by atoms with Crippen LogP contribution in [0.1, 0.15) is 18.4 Å². The Labute approximate surface area is 102 Å². The van der Waals surface area contributed by atoms with Crippen molar-refractivity contribution in [2.24, 2.45) is 11.8 Å². The van der Waals surface area contributed by atoms with Crippen LogP contribution in [-0.4, -0.2) is 0 Å². The van der Waals surface area contributed by atoms with Crippen LogP contribution in [0.3, 0.4) is 0 Å². The molecule has 0 heterocycles. The van der Waals surface area contributed by atoms with Crippen LogP contribution >= 0.6 is 0 Å². The molecule has 2 aliphatic carbocycles. The van der Waals surface area contributed by atoms with Crippen LogP contribution in [0.2, 0.25) is 0 Å². The van der Waals surface area contributed by atoms with Crippen LogP contribution in [-0.2, 0) is 0 Å². The number of hydrogen-bond acceptors (Lipinski definition) is 0. The second-order valence-corrected chi connectivity index (χ2v) is 5.24. The van der Waals surface area contributed by atoms with Crippen LogP contribution in [0.15, 0.2) is 54.6 Å². The summed E-state index contributed by atoms with van der Waals surface area (Å²) < 4.78 is 0. The van der Waals surface area contributed by atoms with Gasteiger partial charge in [0.15, 0.2) is 0 Å². The van der Waals surface area contributed by atoms with Gasteiger partial charge in [0, 0.05) is 5.92 Å². The zero-order valence-electron chi connectivity index (χ0n) is 9.77. The Kier molecular flexibility index (Phi) is 1.93. The lowest BCUT2D eigenvalue weighted by molar-refractivity contribution is 0.693. The van der Waals surface area contributed by atoms with Gasteiger partial charge in [0.2, 0.25) is 0 Å². The van der Waals surface area contributed by atoms with Crippen LogP contribution < -0.4 is 0 Å². The Morgan fingerprint density at radius 1 is 0.882 bits per heavy atom. The molecule has 1 fully saturated rings. The van der Waals surface area contributed by atoms with Gasteiger partial charge in [-0.15, -0.1) is 0 Å². The maximum Gasteiger partial charge on any atom is 0.0130 e. The van der Waals surface area contributed by atoms with Gasteiger partial charge < -0.3 is 0 Å². The molecule has 0 nitrogen and oxygen atoms in total. The van der Waals surface area contributed by atoms with Gasteiger partial charge in [-0.05, 0) is 41.0 Å². The third-order valence-electron chi connectivity index (χ3n) is 4.24. The predicted octanol–water partition coefficient (Wildman–Crippen LogP) is 4.36. The van der Waals surface area contributed by atoms with Crippen LogP contribution in [0, 0.1) is 17.8 Å². The predicted molar refractivity (Wildman–Crippen MR) is 71.6 cm³/mol. The highest BCUT2D eigenvalue weighted by Gasteiger charge is 2.37. The minimum absolute atomic E-state index is 0.714. The molecule has 17 heavy (non-hydrogen) atoms. The highest BCUT2D eigenvalue weighted by Crippen LogP contribution is 2.49. The highest BCUT2D eigenvalue weighted by molar-refractivity contribution is 5.87. The highest BCUT2D eigenvalue weighted by atomic mass is 14.4. The van der Waals surface area contributed by atoms with E-state index >= 15 is 0 Å². The molecule has 4 rings (SSSR count). The molecule has 1 saturated carbocycles. The lowest BCUT2D eigenvalue weighted by atomic mass is 9.84. The van der Waals surface area contributed by atoms with Crippen molar-refractivity contribution in [2.75, 3.05) is 0 Å². The first-order valence-electron chi connectivity index (χ1n) is 6.44. The summed E-state index contributed by atoms with van der Waals surface area (Å²) in [5.41, 5.74) is 1.49. The summed E-state index contributed by atoms with van der Waals surface area (Å²) in [6, 6.07) is 15.4. The van der Waals surface area contributed by atoms with E-state index in [1.807, 2.05) is 0 Å². The molecule has 0 amide bonds. The molecule has 1 radical (unpaired) electrons. The Balaban J connectivity index is 1.88. The summed E-state index contributed by atoms with van der Waals surface area (Å²) in [5, 5.41) is 2.79. The standard InChI is InChI=1S/C17H15/c1-2-6-15-13(4-1)5-3-7-16(15)17-11-12-8-9-14(17)10-12/h1-9,12,14H,10-11H2. The summed E-state index contributed by atoms with van der Waals surface area (Å²) in [7, 11) is 0. The van der Waals surface area contributed by atoms with Gasteiger partial charge in [-0.2, -0.15) is 0 Å². The largest absolute Gasteiger partial charge is 0.0851 e. The average molecular weight is 219 g/mol. The molecule has 0 saturated heterocycles. The maximum absolute atomic E-state index is 2.41. The van der Waals surface area contributed by atoms with Gasteiger partial charge in [-0.1, -0.05) is 54.6 Å². The van der Waals surface area contributed by atoms with Crippen LogP contribution in [0.4, 0.5) is 0 Å². The topological polar surface area (TPSA) is 0 Å². The summed E-state index contributed by atoms with van der Waals surface area (Å²) in [4.78, 5) is 0. The summed E-state index contributed by atoms with van der Waals surface area (Å²) in [6.45, 7) is 0. The molecule has 2 aliphatic rings.